The van der Waals surface area contributed by atoms with Crippen LogP contribution in [-0.4, -0.2) is 45.5 Å². The summed E-state index contributed by atoms with van der Waals surface area (Å²) >= 11 is 6.04. The predicted octanol–water partition coefficient (Wildman–Crippen LogP) is 2.55. The number of ether oxygens (including phenoxy) is 1. The second kappa shape index (κ2) is 5.31. The molecule has 0 N–H and O–H groups in total. The van der Waals surface area contributed by atoms with Crippen molar-refractivity contribution in [3.8, 4) is 0 Å². The van der Waals surface area contributed by atoms with Crippen molar-refractivity contribution in [3.05, 3.63) is 34.7 Å². The maximum absolute atomic E-state index is 12.9. The van der Waals surface area contributed by atoms with Crippen molar-refractivity contribution in [2.45, 2.75) is 33.0 Å². The van der Waals surface area contributed by atoms with Crippen molar-refractivity contribution in [2.75, 3.05) is 13.1 Å². The first-order chi connectivity index (χ1) is 9.95. The molecule has 1 fully saturated rings. The van der Waals surface area contributed by atoms with E-state index < -0.39 is 0 Å². The Labute approximate surface area is 128 Å². The first-order valence-electron chi connectivity index (χ1n) is 7.04. The van der Waals surface area contributed by atoms with Gasteiger partial charge in [-0.05, 0) is 32.9 Å². The lowest BCUT2D eigenvalue weighted by Gasteiger charge is -2.35. The molecule has 1 saturated heterocycles. The third-order valence-electron chi connectivity index (χ3n) is 3.67. The third kappa shape index (κ3) is 2.63. The van der Waals surface area contributed by atoms with Crippen LogP contribution in [0.1, 0.15) is 30.0 Å². The molecule has 1 amide bonds. The van der Waals surface area contributed by atoms with Gasteiger partial charge in [0.05, 0.1) is 22.9 Å². The molecule has 2 aromatic heterocycles. The van der Waals surface area contributed by atoms with Crippen molar-refractivity contribution >= 4 is 23.2 Å². The van der Waals surface area contributed by atoms with E-state index >= 15 is 0 Å². The summed E-state index contributed by atoms with van der Waals surface area (Å²) in [5.74, 6) is -0.0238. The highest BCUT2D eigenvalue weighted by molar-refractivity contribution is 6.30. The van der Waals surface area contributed by atoms with E-state index in [1.165, 1.54) is 0 Å². The standard InChI is InChI=1S/C15H18ClN3O2/c1-9-6-18(7-10(2)21-9)15(20)14-11(3)17-13-5-4-12(16)8-19(13)14/h4-5,8-10H,6-7H2,1-3H3. The number of aryl methyl sites for hydroxylation is 1. The summed E-state index contributed by atoms with van der Waals surface area (Å²) in [6, 6.07) is 3.59. The van der Waals surface area contributed by atoms with Gasteiger partial charge >= 0.3 is 0 Å². The number of morpholine rings is 1. The third-order valence-corrected chi connectivity index (χ3v) is 3.89. The Bertz CT molecular complexity index is 688. The highest BCUT2D eigenvalue weighted by atomic mass is 35.5. The molecule has 6 heteroatoms. The van der Waals surface area contributed by atoms with Crippen LogP contribution >= 0.6 is 11.6 Å². The topological polar surface area (TPSA) is 46.8 Å². The van der Waals surface area contributed by atoms with Crippen LogP contribution in [0.4, 0.5) is 0 Å². The highest BCUT2D eigenvalue weighted by Gasteiger charge is 2.29. The number of hydrogen-bond acceptors (Lipinski definition) is 3. The number of carbonyl (C=O) groups is 1. The van der Waals surface area contributed by atoms with Gasteiger partial charge in [-0.1, -0.05) is 11.6 Å². The van der Waals surface area contributed by atoms with E-state index in [0.29, 0.717) is 29.5 Å². The number of nitrogens with zero attached hydrogens (tertiary/aromatic N) is 3. The minimum Gasteiger partial charge on any atom is -0.372 e. The second-order valence-corrected chi connectivity index (χ2v) is 6.03. The zero-order valence-electron chi connectivity index (χ0n) is 12.3. The molecule has 0 aromatic carbocycles. The van der Waals surface area contributed by atoms with Crippen LogP contribution in [0.5, 0.6) is 0 Å². The van der Waals surface area contributed by atoms with Crippen molar-refractivity contribution in [1.29, 1.82) is 0 Å². The van der Waals surface area contributed by atoms with Gasteiger partial charge in [0.15, 0.2) is 0 Å². The van der Waals surface area contributed by atoms with Crippen molar-refractivity contribution in [1.82, 2.24) is 14.3 Å². The molecule has 2 unspecified atom stereocenters. The van der Waals surface area contributed by atoms with Crippen molar-refractivity contribution in [3.63, 3.8) is 0 Å². The number of aromatic nitrogens is 2. The molecule has 5 nitrogen and oxygen atoms in total. The fourth-order valence-corrected chi connectivity index (χ4v) is 3.05. The van der Waals surface area contributed by atoms with Gasteiger partial charge in [0.1, 0.15) is 11.3 Å². The Hall–Kier alpha value is -1.59. The molecule has 21 heavy (non-hydrogen) atoms. The number of imidazole rings is 1. The van der Waals surface area contributed by atoms with Crippen LogP contribution < -0.4 is 0 Å². The number of fused-ring (bicyclic) bond motifs is 1. The van der Waals surface area contributed by atoms with E-state index in [0.717, 1.165) is 5.65 Å². The number of pyridine rings is 1. The van der Waals surface area contributed by atoms with E-state index in [-0.39, 0.29) is 18.1 Å². The van der Waals surface area contributed by atoms with Crippen LogP contribution in [0.15, 0.2) is 18.3 Å². The normalized spacial score (nSPS) is 22.8. The summed E-state index contributed by atoms with van der Waals surface area (Å²) in [7, 11) is 0. The predicted molar refractivity (Wildman–Crippen MR) is 80.9 cm³/mol. The summed E-state index contributed by atoms with van der Waals surface area (Å²) in [6.45, 7) is 7.00. The summed E-state index contributed by atoms with van der Waals surface area (Å²) < 4.78 is 7.45. The SMILES string of the molecule is Cc1nc2ccc(Cl)cn2c1C(=O)N1CC(C)OC(C)C1. The largest absolute Gasteiger partial charge is 0.372 e. The van der Waals surface area contributed by atoms with Crippen molar-refractivity contribution < 1.29 is 9.53 Å². The van der Waals surface area contributed by atoms with Gasteiger partial charge in [-0.3, -0.25) is 9.20 Å². The number of rotatable bonds is 1. The fourth-order valence-electron chi connectivity index (χ4n) is 2.89. The molecule has 2 atom stereocenters. The zero-order chi connectivity index (χ0) is 15.1. The summed E-state index contributed by atoms with van der Waals surface area (Å²) in [5, 5.41) is 0.581. The van der Waals surface area contributed by atoms with Gasteiger partial charge in [-0.2, -0.15) is 0 Å². The Balaban J connectivity index is 2.01. The molecule has 112 valence electrons. The summed E-state index contributed by atoms with van der Waals surface area (Å²) in [5.41, 5.74) is 2.03. The average molecular weight is 308 g/mol. The molecule has 0 radical (unpaired) electrons. The lowest BCUT2D eigenvalue weighted by molar-refractivity contribution is -0.0587. The van der Waals surface area contributed by atoms with Crippen LogP contribution in [0.25, 0.3) is 5.65 Å². The maximum Gasteiger partial charge on any atom is 0.272 e. The summed E-state index contributed by atoms with van der Waals surface area (Å²) in [6.07, 6.45) is 1.82. The lowest BCUT2D eigenvalue weighted by atomic mass is 10.2. The Morgan fingerprint density at radius 3 is 2.67 bits per heavy atom. The summed E-state index contributed by atoms with van der Waals surface area (Å²) in [4.78, 5) is 19.1. The van der Waals surface area contributed by atoms with Gasteiger partial charge in [0.2, 0.25) is 0 Å². The fraction of sp³-hybridized carbons (Fsp3) is 0.467. The second-order valence-electron chi connectivity index (χ2n) is 5.59. The molecule has 1 aliphatic heterocycles. The Morgan fingerprint density at radius 2 is 2.00 bits per heavy atom. The molecule has 0 saturated carbocycles. The van der Waals surface area contributed by atoms with Gasteiger partial charge in [0, 0.05) is 19.3 Å². The highest BCUT2D eigenvalue weighted by Crippen LogP contribution is 2.20. The van der Waals surface area contributed by atoms with Gasteiger partial charge in [-0.25, -0.2) is 4.98 Å². The first kappa shape index (κ1) is 14.4. The monoisotopic (exact) mass is 307 g/mol. The van der Waals surface area contributed by atoms with E-state index in [1.54, 1.807) is 16.7 Å². The smallest absolute Gasteiger partial charge is 0.272 e. The molecule has 0 bridgehead atoms. The van der Waals surface area contributed by atoms with E-state index in [1.807, 2.05) is 31.7 Å². The van der Waals surface area contributed by atoms with Gasteiger partial charge in [-0.15, -0.1) is 0 Å². The number of hydrogen-bond donors (Lipinski definition) is 0. The van der Waals surface area contributed by atoms with Crippen LogP contribution in [0.2, 0.25) is 5.02 Å². The van der Waals surface area contributed by atoms with E-state index in [2.05, 4.69) is 4.98 Å². The molecule has 3 rings (SSSR count). The molecule has 1 aliphatic rings. The number of halogens is 1. The number of carbonyl (C=O) groups excluding carboxylic acids is 1. The molecular weight excluding hydrogens is 290 g/mol. The lowest BCUT2D eigenvalue weighted by Crippen LogP contribution is -2.48. The van der Waals surface area contributed by atoms with Gasteiger partial charge < -0.3 is 9.64 Å². The quantitative estimate of drug-likeness (QED) is 0.813. The van der Waals surface area contributed by atoms with Gasteiger partial charge in [0.25, 0.3) is 5.91 Å². The molecule has 3 heterocycles. The number of amides is 1. The molecule has 0 aliphatic carbocycles. The molecular formula is C15H18ClN3O2. The molecule has 0 spiro atoms. The zero-order valence-corrected chi connectivity index (χ0v) is 13.1. The van der Waals surface area contributed by atoms with Crippen LogP contribution in [0, 0.1) is 6.92 Å². The first-order valence-corrected chi connectivity index (χ1v) is 7.42. The van der Waals surface area contributed by atoms with Crippen LogP contribution in [-0.2, 0) is 4.74 Å². The van der Waals surface area contributed by atoms with E-state index in [4.69, 9.17) is 16.3 Å². The Morgan fingerprint density at radius 1 is 1.33 bits per heavy atom. The maximum atomic E-state index is 12.9. The minimum absolute atomic E-state index is 0.0238. The average Bonchev–Trinajstić information content (AvgIpc) is 2.72. The van der Waals surface area contributed by atoms with Crippen molar-refractivity contribution in [2.24, 2.45) is 0 Å². The van der Waals surface area contributed by atoms with Crippen LogP contribution in [0.3, 0.4) is 0 Å². The Kier molecular flexibility index (Phi) is 3.63. The minimum atomic E-state index is -0.0238. The molecule has 2 aromatic rings. The van der Waals surface area contributed by atoms with E-state index in [9.17, 15) is 4.79 Å².